The van der Waals surface area contributed by atoms with Gasteiger partial charge in [-0.2, -0.15) is 11.8 Å². The summed E-state index contributed by atoms with van der Waals surface area (Å²) in [5.41, 5.74) is 0.312. The summed E-state index contributed by atoms with van der Waals surface area (Å²) in [5.74, 6) is 0.868. The normalized spacial score (nSPS) is 29.3. The van der Waals surface area contributed by atoms with E-state index in [1.807, 2.05) is 11.8 Å². The number of hydrogen-bond donors (Lipinski definition) is 1. The first-order chi connectivity index (χ1) is 8.01. The Morgan fingerprint density at radius 2 is 2.35 bits per heavy atom. The molecule has 0 bridgehead atoms. The van der Waals surface area contributed by atoms with Crippen LogP contribution in [0.2, 0.25) is 0 Å². The van der Waals surface area contributed by atoms with Gasteiger partial charge in [-0.15, -0.1) is 0 Å². The molecule has 1 saturated heterocycles. The summed E-state index contributed by atoms with van der Waals surface area (Å²) in [4.78, 5) is 0. The molecule has 2 rings (SSSR count). The molecule has 94 valence electrons. The van der Waals surface area contributed by atoms with Crippen molar-refractivity contribution >= 4 is 27.7 Å². The van der Waals surface area contributed by atoms with Crippen LogP contribution in [0.25, 0.3) is 0 Å². The highest BCUT2D eigenvalue weighted by Crippen LogP contribution is 2.37. The second-order valence-corrected chi connectivity index (χ2v) is 6.94. The molecule has 1 aliphatic rings. The standard InChI is InChI=1S/C13H16BrFOS/c1-9-13(16,5-2-6-17-9)8-10-3-4-11(15)7-12(10)14/h3-4,7,9,16H,2,5-6,8H2,1H3. The highest BCUT2D eigenvalue weighted by Gasteiger charge is 2.36. The van der Waals surface area contributed by atoms with Gasteiger partial charge in [0.2, 0.25) is 0 Å². The minimum absolute atomic E-state index is 0.230. The number of hydrogen-bond acceptors (Lipinski definition) is 2. The van der Waals surface area contributed by atoms with E-state index in [2.05, 4.69) is 22.9 Å². The van der Waals surface area contributed by atoms with Crippen LogP contribution in [0, 0.1) is 5.82 Å². The second kappa shape index (κ2) is 5.29. The Morgan fingerprint density at radius 3 is 3.00 bits per heavy atom. The third-order valence-electron chi connectivity index (χ3n) is 3.39. The quantitative estimate of drug-likeness (QED) is 0.895. The lowest BCUT2D eigenvalue weighted by molar-refractivity contribution is 0.0296. The van der Waals surface area contributed by atoms with E-state index in [0.717, 1.165) is 28.6 Å². The van der Waals surface area contributed by atoms with E-state index < -0.39 is 5.60 Å². The monoisotopic (exact) mass is 318 g/mol. The van der Waals surface area contributed by atoms with E-state index >= 15 is 0 Å². The minimum atomic E-state index is -0.663. The maximum atomic E-state index is 13.0. The van der Waals surface area contributed by atoms with Gasteiger partial charge in [-0.25, -0.2) is 4.39 Å². The van der Waals surface area contributed by atoms with Gasteiger partial charge >= 0.3 is 0 Å². The van der Waals surface area contributed by atoms with Gasteiger partial charge in [0.25, 0.3) is 0 Å². The van der Waals surface area contributed by atoms with E-state index in [9.17, 15) is 9.50 Å². The summed E-state index contributed by atoms with van der Waals surface area (Å²) in [6, 6.07) is 4.66. The zero-order valence-electron chi connectivity index (χ0n) is 9.75. The molecule has 1 N–H and O–H groups in total. The fourth-order valence-electron chi connectivity index (χ4n) is 2.22. The van der Waals surface area contributed by atoms with Crippen molar-refractivity contribution in [3.63, 3.8) is 0 Å². The van der Waals surface area contributed by atoms with Crippen LogP contribution in [0.15, 0.2) is 22.7 Å². The Hall–Kier alpha value is -0.0600. The number of halogens is 2. The van der Waals surface area contributed by atoms with Crippen molar-refractivity contribution < 1.29 is 9.50 Å². The molecule has 1 aromatic rings. The first-order valence-electron chi connectivity index (χ1n) is 5.79. The van der Waals surface area contributed by atoms with Gasteiger partial charge < -0.3 is 5.11 Å². The average molecular weight is 319 g/mol. The summed E-state index contributed by atoms with van der Waals surface area (Å²) < 4.78 is 13.7. The minimum Gasteiger partial charge on any atom is -0.388 e. The predicted octanol–water partition coefficient (Wildman–Crippen LogP) is 3.78. The van der Waals surface area contributed by atoms with Gasteiger partial charge in [0.05, 0.1) is 5.60 Å². The lowest BCUT2D eigenvalue weighted by Crippen LogP contribution is -2.43. The van der Waals surface area contributed by atoms with Crippen LogP contribution in [0.3, 0.4) is 0 Å². The molecule has 0 amide bonds. The van der Waals surface area contributed by atoms with E-state index in [4.69, 9.17) is 0 Å². The highest BCUT2D eigenvalue weighted by atomic mass is 79.9. The molecule has 0 radical (unpaired) electrons. The third-order valence-corrected chi connectivity index (χ3v) is 5.59. The Balaban J connectivity index is 2.19. The van der Waals surface area contributed by atoms with Crippen molar-refractivity contribution in [1.82, 2.24) is 0 Å². The predicted molar refractivity (Wildman–Crippen MR) is 73.9 cm³/mol. The molecule has 17 heavy (non-hydrogen) atoms. The lowest BCUT2D eigenvalue weighted by Gasteiger charge is -2.38. The van der Waals surface area contributed by atoms with Crippen LogP contribution in [-0.2, 0) is 6.42 Å². The summed E-state index contributed by atoms with van der Waals surface area (Å²) >= 11 is 5.17. The second-order valence-electron chi connectivity index (χ2n) is 4.63. The zero-order valence-corrected chi connectivity index (χ0v) is 12.2. The number of thioether (sulfide) groups is 1. The highest BCUT2D eigenvalue weighted by molar-refractivity contribution is 9.10. The summed E-state index contributed by atoms with van der Waals surface area (Å²) in [6.45, 7) is 2.07. The first kappa shape index (κ1) is 13.4. The van der Waals surface area contributed by atoms with Gasteiger partial charge in [0.1, 0.15) is 5.82 Å². The SMILES string of the molecule is CC1SCCCC1(O)Cc1ccc(F)cc1Br. The topological polar surface area (TPSA) is 20.2 Å². The maximum absolute atomic E-state index is 13.0. The molecule has 2 unspecified atom stereocenters. The molecule has 2 atom stereocenters. The molecule has 1 nitrogen and oxygen atoms in total. The average Bonchev–Trinajstić information content (AvgIpc) is 2.27. The van der Waals surface area contributed by atoms with Crippen LogP contribution < -0.4 is 0 Å². The van der Waals surface area contributed by atoms with Crippen LogP contribution in [0.4, 0.5) is 4.39 Å². The number of benzene rings is 1. The maximum Gasteiger partial charge on any atom is 0.124 e. The first-order valence-corrected chi connectivity index (χ1v) is 7.63. The van der Waals surface area contributed by atoms with E-state index in [-0.39, 0.29) is 11.1 Å². The largest absolute Gasteiger partial charge is 0.388 e. The molecule has 0 spiro atoms. The Kier molecular flexibility index (Phi) is 4.16. The van der Waals surface area contributed by atoms with Gasteiger partial charge in [0.15, 0.2) is 0 Å². The molecule has 0 saturated carbocycles. The molecule has 0 aromatic heterocycles. The van der Waals surface area contributed by atoms with Crippen molar-refractivity contribution in [3.8, 4) is 0 Å². The summed E-state index contributed by atoms with van der Waals surface area (Å²) in [6.07, 6.45) is 2.46. The molecule has 1 aromatic carbocycles. The van der Waals surface area contributed by atoms with E-state index in [1.54, 1.807) is 6.07 Å². The van der Waals surface area contributed by atoms with Crippen LogP contribution in [-0.4, -0.2) is 21.7 Å². The van der Waals surface area contributed by atoms with Gasteiger partial charge in [-0.3, -0.25) is 0 Å². The van der Waals surface area contributed by atoms with Gasteiger partial charge in [-0.05, 0) is 36.3 Å². The molecule has 1 aliphatic heterocycles. The van der Waals surface area contributed by atoms with Gasteiger partial charge in [0, 0.05) is 16.1 Å². The number of rotatable bonds is 2. The van der Waals surface area contributed by atoms with E-state index in [0.29, 0.717) is 6.42 Å². The van der Waals surface area contributed by atoms with Crippen molar-refractivity contribution in [2.45, 2.75) is 37.0 Å². The van der Waals surface area contributed by atoms with Crippen molar-refractivity contribution in [2.24, 2.45) is 0 Å². The Bertz CT molecular complexity index is 412. The number of aliphatic hydroxyl groups is 1. The third kappa shape index (κ3) is 3.04. The van der Waals surface area contributed by atoms with Crippen LogP contribution >= 0.6 is 27.7 Å². The summed E-state index contributed by atoms with van der Waals surface area (Å²) in [7, 11) is 0. The molecule has 1 heterocycles. The van der Waals surface area contributed by atoms with Crippen molar-refractivity contribution in [2.75, 3.05) is 5.75 Å². The van der Waals surface area contributed by atoms with Crippen molar-refractivity contribution in [3.05, 3.63) is 34.1 Å². The smallest absolute Gasteiger partial charge is 0.124 e. The summed E-state index contributed by atoms with van der Waals surface area (Å²) in [5, 5.41) is 10.9. The lowest BCUT2D eigenvalue weighted by atomic mass is 9.87. The Labute approximate surface area is 114 Å². The molecule has 1 fully saturated rings. The molecule has 0 aliphatic carbocycles. The molecular formula is C13H16BrFOS. The van der Waals surface area contributed by atoms with Crippen molar-refractivity contribution in [1.29, 1.82) is 0 Å². The van der Waals surface area contributed by atoms with Crippen LogP contribution in [0.1, 0.15) is 25.3 Å². The molecular weight excluding hydrogens is 303 g/mol. The van der Waals surface area contributed by atoms with Gasteiger partial charge in [-0.1, -0.05) is 28.9 Å². The van der Waals surface area contributed by atoms with Crippen LogP contribution in [0.5, 0.6) is 0 Å². The fraction of sp³-hybridized carbons (Fsp3) is 0.538. The molecule has 4 heteroatoms. The Morgan fingerprint density at radius 1 is 1.59 bits per heavy atom. The fourth-order valence-corrected chi connectivity index (χ4v) is 3.89. The zero-order chi connectivity index (χ0) is 12.5. The van der Waals surface area contributed by atoms with E-state index in [1.165, 1.54) is 12.1 Å².